The van der Waals surface area contributed by atoms with Gasteiger partial charge in [-0.3, -0.25) is 0 Å². The predicted molar refractivity (Wildman–Crippen MR) is 112 cm³/mol. The third kappa shape index (κ3) is 3.59. The SMILES string of the molecule is Fc1ccc2c(-c3cc(F)c(F)c(F)c3)c3cc(F)c(F)cc3c(-c3c(F)c(F)c(F)c(F)c3F)c2c1. The molecule has 0 spiro atoms. The highest BCUT2D eigenvalue weighted by atomic mass is 19.2. The Balaban J connectivity index is 2.10. The Morgan fingerprint density at radius 2 is 0.784 bits per heavy atom. The molecule has 0 radical (unpaired) electrons. The van der Waals surface area contributed by atoms with Gasteiger partial charge in [0.1, 0.15) is 5.82 Å². The molecule has 0 heterocycles. The van der Waals surface area contributed by atoms with Crippen LogP contribution in [-0.4, -0.2) is 0 Å². The molecule has 188 valence electrons. The maximum atomic E-state index is 14.9. The standard InChI is InChI=1S/C26H7F11/c27-9-1-2-10-11(5-9)19(20-22(33)24(35)26(37)25(36)23(20)34)13-7-15(29)14(28)6-12(13)18(10)8-3-16(30)21(32)17(31)4-8/h1-7H. The molecule has 0 atom stereocenters. The molecule has 5 aromatic carbocycles. The van der Waals surface area contributed by atoms with Crippen LogP contribution < -0.4 is 0 Å². The van der Waals surface area contributed by atoms with Crippen molar-refractivity contribution in [2.45, 2.75) is 0 Å². The summed E-state index contributed by atoms with van der Waals surface area (Å²) in [7, 11) is 0. The zero-order valence-corrected chi connectivity index (χ0v) is 17.7. The van der Waals surface area contributed by atoms with Crippen molar-refractivity contribution in [2.75, 3.05) is 0 Å². The van der Waals surface area contributed by atoms with Crippen molar-refractivity contribution in [1.82, 2.24) is 0 Å². The maximum absolute atomic E-state index is 14.9. The molecule has 5 rings (SSSR count). The number of benzene rings is 5. The van der Waals surface area contributed by atoms with Crippen molar-refractivity contribution in [1.29, 1.82) is 0 Å². The maximum Gasteiger partial charge on any atom is 0.200 e. The van der Waals surface area contributed by atoms with E-state index >= 15 is 0 Å². The van der Waals surface area contributed by atoms with Crippen LogP contribution in [0.2, 0.25) is 0 Å². The van der Waals surface area contributed by atoms with Gasteiger partial charge in [0.2, 0.25) is 5.82 Å². The molecule has 0 N–H and O–H groups in total. The van der Waals surface area contributed by atoms with Gasteiger partial charge in [0.05, 0.1) is 5.56 Å². The van der Waals surface area contributed by atoms with E-state index in [9.17, 15) is 48.3 Å². The topological polar surface area (TPSA) is 0 Å². The third-order valence-corrected chi connectivity index (χ3v) is 5.85. The van der Waals surface area contributed by atoms with E-state index in [0.717, 1.165) is 12.1 Å². The summed E-state index contributed by atoms with van der Waals surface area (Å²) >= 11 is 0. The Bertz CT molecular complexity index is 1740. The quantitative estimate of drug-likeness (QED) is 0.0930. The van der Waals surface area contributed by atoms with Crippen LogP contribution >= 0.6 is 0 Å². The highest BCUT2D eigenvalue weighted by molar-refractivity contribution is 6.21. The number of fused-ring (bicyclic) bond motifs is 2. The molecule has 0 aliphatic rings. The van der Waals surface area contributed by atoms with Crippen molar-refractivity contribution in [3.05, 3.63) is 106 Å². The Labute approximate surface area is 199 Å². The van der Waals surface area contributed by atoms with Crippen LogP contribution in [0.1, 0.15) is 0 Å². The van der Waals surface area contributed by atoms with Gasteiger partial charge in [-0.05, 0) is 69.1 Å². The van der Waals surface area contributed by atoms with Gasteiger partial charge >= 0.3 is 0 Å². The fourth-order valence-electron chi connectivity index (χ4n) is 4.30. The molecule has 0 aliphatic carbocycles. The van der Waals surface area contributed by atoms with Gasteiger partial charge in [-0.2, -0.15) is 0 Å². The minimum atomic E-state index is -2.50. The highest BCUT2D eigenvalue weighted by Gasteiger charge is 2.30. The van der Waals surface area contributed by atoms with Gasteiger partial charge in [-0.1, -0.05) is 6.07 Å². The second-order valence-electron chi connectivity index (χ2n) is 7.95. The molecule has 0 amide bonds. The van der Waals surface area contributed by atoms with Crippen molar-refractivity contribution in [3.8, 4) is 22.3 Å². The van der Waals surface area contributed by atoms with Crippen LogP contribution in [0.5, 0.6) is 0 Å². The van der Waals surface area contributed by atoms with Crippen LogP contribution in [0, 0.1) is 64.0 Å². The Morgan fingerprint density at radius 1 is 0.324 bits per heavy atom. The fourth-order valence-corrected chi connectivity index (χ4v) is 4.30. The molecule has 37 heavy (non-hydrogen) atoms. The number of halogens is 11. The van der Waals surface area contributed by atoms with E-state index in [4.69, 9.17) is 0 Å². The summed E-state index contributed by atoms with van der Waals surface area (Å²) < 4.78 is 156. The summed E-state index contributed by atoms with van der Waals surface area (Å²) in [6.45, 7) is 0. The van der Waals surface area contributed by atoms with Gasteiger partial charge in [0.15, 0.2) is 52.4 Å². The van der Waals surface area contributed by atoms with E-state index in [1.807, 2.05) is 0 Å². The normalized spacial score (nSPS) is 11.6. The van der Waals surface area contributed by atoms with Crippen molar-refractivity contribution in [3.63, 3.8) is 0 Å². The van der Waals surface area contributed by atoms with Crippen LogP contribution in [0.15, 0.2) is 42.5 Å². The molecule has 0 nitrogen and oxygen atoms in total. The van der Waals surface area contributed by atoms with Gasteiger partial charge in [-0.15, -0.1) is 0 Å². The molecule has 11 heteroatoms. The summed E-state index contributed by atoms with van der Waals surface area (Å²) in [5, 5.41) is -2.10. The van der Waals surface area contributed by atoms with Crippen molar-refractivity contribution in [2.24, 2.45) is 0 Å². The van der Waals surface area contributed by atoms with Gasteiger partial charge in [0, 0.05) is 5.56 Å². The van der Waals surface area contributed by atoms with Gasteiger partial charge < -0.3 is 0 Å². The first-order valence-electron chi connectivity index (χ1n) is 10.1. The summed E-state index contributed by atoms with van der Waals surface area (Å²) in [4.78, 5) is 0. The summed E-state index contributed by atoms with van der Waals surface area (Å²) in [5.74, 6) is -21.4. The zero-order chi connectivity index (χ0) is 26.9. The summed E-state index contributed by atoms with van der Waals surface area (Å²) in [6.07, 6.45) is 0. The van der Waals surface area contributed by atoms with E-state index < -0.39 is 96.8 Å². The second-order valence-corrected chi connectivity index (χ2v) is 7.95. The van der Waals surface area contributed by atoms with E-state index in [0.29, 0.717) is 30.3 Å². The minimum Gasteiger partial charge on any atom is -0.207 e. The highest BCUT2D eigenvalue weighted by Crippen LogP contribution is 2.46. The monoisotopic (exact) mass is 528 g/mol. The fraction of sp³-hybridized carbons (Fsp3) is 0. The lowest BCUT2D eigenvalue weighted by Crippen LogP contribution is -2.05. The Morgan fingerprint density at radius 3 is 1.32 bits per heavy atom. The molecule has 0 aromatic heterocycles. The van der Waals surface area contributed by atoms with E-state index in [2.05, 4.69) is 0 Å². The van der Waals surface area contributed by atoms with Crippen LogP contribution in [0.4, 0.5) is 48.3 Å². The summed E-state index contributed by atoms with van der Waals surface area (Å²) in [6, 6.07) is 4.08. The molecule has 5 aromatic rings. The van der Waals surface area contributed by atoms with Crippen LogP contribution in [0.25, 0.3) is 43.8 Å². The van der Waals surface area contributed by atoms with Crippen molar-refractivity contribution >= 4 is 21.5 Å². The van der Waals surface area contributed by atoms with Crippen molar-refractivity contribution < 1.29 is 48.3 Å². The number of rotatable bonds is 2. The van der Waals surface area contributed by atoms with Crippen LogP contribution in [0.3, 0.4) is 0 Å². The molecule has 0 saturated heterocycles. The lowest BCUT2D eigenvalue weighted by Gasteiger charge is -2.19. The zero-order valence-electron chi connectivity index (χ0n) is 17.7. The van der Waals surface area contributed by atoms with Crippen LogP contribution in [-0.2, 0) is 0 Å². The van der Waals surface area contributed by atoms with E-state index in [1.165, 1.54) is 0 Å². The Hall–Kier alpha value is -4.15. The average molecular weight is 528 g/mol. The molecule has 0 aliphatic heterocycles. The molecule has 0 saturated carbocycles. The smallest absolute Gasteiger partial charge is 0.200 e. The molecular weight excluding hydrogens is 521 g/mol. The lowest BCUT2D eigenvalue weighted by atomic mass is 9.85. The molecule has 0 unspecified atom stereocenters. The van der Waals surface area contributed by atoms with Gasteiger partial charge in [-0.25, -0.2) is 48.3 Å². The molecule has 0 bridgehead atoms. The molecular formula is C26H7F11. The predicted octanol–water partition coefficient (Wildman–Crippen LogP) is 8.86. The largest absolute Gasteiger partial charge is 0.207 e. The first-order valence-corrected chi connectivity index (χ1v) is 10.1. The van der Waals surface area contributed by atoms with E-state index in [1.54, 1.807) is 0 Å². The molecule has 0 fully saturated rings. The average Bonchev–Trinajstić information content (AvgIpc) is 2.85. The third-order valence-electron chi connectivity index (χ3n) is 5.85. The van der Waals surface area contributed by atoms with Gasteiger partial charge in [0.25, 0.3) is 0 Å². The number of hydrogen-bond acceptors (Lipinski definition) is 0. The minimum absolute atomic E-state index is 0.316. The lowest BCUT2D eigenvalue weighted by molar-refractivity contribution is 0.381. The van der Waals surface area contributed by atoms with E-state index in [-0.39, 0.29) is 10.9 Å². The second kappa shape index (κ2) is 8.46. The first-order chi connectivity index (χ1) is 17.4. The first kappa shape index (κ1) is 24.5. The summed E-state index contributed by atoms with van der Waals surface area (Å²) in [5.41, 5.74) is -3.34. The Kier molecular flexibility index (Phi) is 5.61. The number of hydrogen-bond donors (Lipinski definition) is 0.